The van der Waals surface area contributed by atoms with Crippen molar-refractivity contribution in [1.29, 1.82) is 0 Å². The minimum atomic E-state index is -0.670. The Morgan fingerprint density at radius 1 is 0.397 bits per heavy atom. The van der Waals surface area contributed by atoms with Gasteiger partial charge < -0.3 is 20.3 Å². The summed E-state index contributed by atoms with van der Waals surface area (Å²) in [5.41, 5.74) is 0. The first kappa shape index (κ1) is 66.3. The standard InChI is InChI=1S/C62H119NO5/c1-3-5-7-9-11-13-15-17-19-26-30-34-38-42-46-50-54-60(65)59(58-64)63-61(66)55-51-47-43-39-35-31-27-24-22-21-23-25-29-33-37-41-45-49-53-57-68-62(67)56-52-48-44-40-36-32-28-20-18-16-14-12-10-8-6-4-2/h20-22,28,59-60,64-65H,3-19,23-27,29-58H2,1-2H3,(H,63,66)/b22-21-,28-20-. The van der Waals surface area contributed by atoms with Gasteiger partial charge in [0.25, 0.3) is 0 Å². The number of hydrogen-bond donors (Lipinski definition) is 3. The summed E-state index contributed by atoms with van der Waals surface area (Å²) in [6, 6.07) is -0.549. The van der Waals surface area contributed by atoms with E-state index in [1.54, 1.807) is 0 Å². The summed E-state index contributed by atoms with van der Waals surface area (Å²) in [5.74, 6) is -0.0458. The highest BCUT2D eigenvalue weighted by atomic mass is 16.5. The van der Waals surface area contributed by atoms with E-state index in [1.165, 1.54) is 257 Å². The van der Waals surface area contributed by atoms with Crippen LogP contribution in [0.3, 0.4) is 0 Å². The molecular weight excluding hydrogens is 839 g/mol. The predicted octanol–water partition coefficient (Wildman–Crippen LogP) is 19.0. The van der Waals surface area contributed by atoms with Gasteiger partial charge in [0, 0.05) is 12.8 Å². The maximum atomic E-state index is 12.5. The lowest BCUT2D eigenvalue weighted by molar-refractivity contribution is -0.143. The van der Waals surface area contributed by atoms with Crippen molar-refractivity contribution in [3.63, 3.8) is 0 Å². The lowest BCUT2D eigenvalue weighted by Crippen LogP contribution is -2.45. The van der Waals surface area contributed by atoms with Crippen LogP contribution >= 0.6 is 0 Å². The molecule has 6 nitrogen and oxygen atoms in total. The summed E-state index contributed by atoms with van der Waals surface area (Å²) in [6.45, 7) is 4.95. The summed E-state index contributed by atoms with van der Waals surface area (Å²) in [6.07, 6.45) is 70.3. The fourth-order valence-electron chi connectivity index (χ4n) is 9.51. The Kier molecular flexibility index (Phi) is 56.5. The van der Waals surface area contributed by atoms with E-state index in [4.69, 9.17) is 4.74 Å². The second-order valence-corrected chi connectivity index (χ2v) is 21.0. The molecule has 2 unspecified atom stereocenters. The number of carbonyl (C=O) groups excluding carboxylic acids is 2. The minimum Gasteiger partial charge on any atom is -0.466 e. The van der Waals surface area contributed by atoms with Crippen LogP contribution in [-0.4, -0.2) is 47.4 Å². The van der Waals surface area contributed by atoms with Crippen LogP contribution in [0, 0.1) is 0 Å². The molecule has 6 heteroatoms. The summed E-state index contributed by atoms with van der Waals surface area (Å²) in [7, 11) is 0. The SMILES string of the molecule is CCCCCCCCC/C=C\CCCCCCCC(=O)OCCCCCCCCCC/C=C\CCCCCCCCCC(=O)NC(CO)C(O)CCCCCCCCCCCCCCCCCC. The molecule has 0 aliphatic carbocycles. The number of aliphatic hydroxyl groups excluding tert-OH is 2. The molecule has 0 aromatic rings. The first-order chi connectivity index (χ1) is 33.5. The summed E-state index contributed by atoms with van der Waals surface area (Å²) in [4.78, 5) is 24.5. The largest absolute Gasteiger partial charge is 0.466 e. The van der Waals surface area contributed by atoms with Crippen LogP contribution in [0.1, 0.15) is 335 Å². The smallest absolute Gasteiger partial charge is 0.305 e. The number of amides is 1. The molecule has 2 atom stereocenters. The summed E-state index contributed by atoms with van der Waals surface area (Å²) >= 11 is 0. The summed E-state index contributed by atoms with van der Waals surface area (Å²) in [5, 5.41) is 23.3. The first-order valence-corrected chi connectivity index (χ1v) is 30.6. The maximum Gasteiger partial charge on any atom is 0.305 e. The first-order valence-electron chi connectivity index (χ1n) is 30.6. The zero-order valence-corrected chi connectivity index (χ0v) is 45.9. The Balaban J connectivity index is 3.43. The molecule has 0 saturated carbocycles. The molecular formula is C62H119NO5. The zero-order valence-electron chi connectivity index (χ0n) is 45.9. The van der Waals surface area contributed by atoms with E-state index >= 15 is 0 Å². The zero-order chi connectivity index (χ0) is 49.3. The van der Waals surface area contributed by atoms with Gasteiger partial charge in [0.2, 0.25) is 5.91 Å². The molecule has 0 fully saturated rings. The van der Waals surface area contributed by atoms with Crippen molar-refractivity contribution >= 4 is 11.9 Å². The molecule has 1 amide bonds. The van der Waals surface area contributed by atoms with Crippen molar-refractivity contribution in [3.05, 3.63) is 24.3 Å². The number of unbranched alkanes of at least 4 members (excludes halogenated alkanes) is 42. The van der Waals surface area contributed by atoms with Gasteiger partial charge in [0.05, 0.1) is 25.4 Å². The quantitative estimate of drug-likeness (QED) is 0.0321. The van der Waals surface area contributed by atoms with Gasteiger partial charge in [0.15, 0.2) is 0 Å². The number of aliphatic hydroxyl groups is 2. The highest BCUT2D eigenvalue weighted by Gasteiger charge is 2.20. The molecule has 68 heavy (non-hydrogen) atoms. The van der Waals surface area contributed by atoms with Gasteiger partial charge in [0.1, 0.15) is 0 Å². The van der Waals surface area contributed by atoms with Crippen LogP contribution in [0.25, 0.3) is 0 Å². The van der Waals surface area contributed by atoms with Crippen LogP contribution in [0.2, 0.25) is 0 Å². The minimum absolute atomic E-state index is 0.00298. The monoisotopic (exact) mass is 958 g/mol. The van der Waals surface area contributed by atoms with Crippen molar-refractivity contribution in [2.45, 2.75) is 347 Å². The number of esters is 1. The summed E-state index contributed by atoms with van der Waals surface area (Å²) < 4.78 is 5.48. The van der Waals surface area contributed by atoms with Crippen LogP contribution in [-0.2, 0) is 14.3 Å². The highest BCUT2D eigenvalue weighted by Crippen LogP contribution is 2.17. The van der Waals surface area contributed by atoms with Crippen LogP contribution in [0.5, 0.6) is 0 Å². The van der Waals surface area contributed by atoms with Crippen LogP contribution < -0.4 is 5.32 Å². The van der Waals surface area contributed by atoms with E-state index in [9.17, 15) is 19.8 Å². The Labute approximate surface area is 424 Å². The Hall–Kier alpha value is -1.66. The number of hydrogen-bond acceptors (Lipinski definition) is 5. The van der Waals surface area contributed by atoms with Crippen molar-refractivity contribution in [2.75, 3.05) is 13.2 Å². The van der Waals surface area contributed by atoms with Gasteiger partial charge in [-0.1, -0.05) is 269 Å². The number of allylic oxidation sites excluding steroid dienone is 4. The van der Waals surface area contributed by atoms with Crippen molar-refractivity contribution in [1.82, 2.24) is 5.32 Å². The maximum absolute atomic E-state index is 12.5. The molecule has 0 aromatic carbocycles. The van der Waals surface area contributed by atoms with Gasteiger partial charge in [-0.05, 0) is 77.0 Å². The van der Waals surface area contributed by atoms with E-state index in [1.807, 2.05) is 0 Å². The van der Waals surface area contributed by atoms with E-state index in [-0.39, 0.29) is 18.5 Å². The van der Waals surface area contributed by atoms with Gasteiger partial charge in [-0.2, -0.15) is 0 Å². The van der Waals surface area contributed by atoms with Gasteiger partial charge in [-0.15, -0.1) is 0 Å². The lowest BCUT2D eigenvalue weighted by Gasteiger charge is -2.22. The van der Waals surface area contributed by atoms with Crippen LogP contribution in [0.4, 0.5) is 0 Å². The normalized spacial score (nSPS) is 12.7. The van der Waals surface area contributed by atoms with Gasteiger partial charge in [-0.25, -0.2) is 0 Å². The topological polar surface area (TPSA) is 95.9 Å². The van der Waals surface area contributed by atoms with Crippen molar-refractivity contribution in [2.24, 2.45) is 0 Å². The molecule has 0 saturated heterocycles. The molecule has 3 N–H and O–H groups in total. The second kappa shape index (κ2) is 57.9. The van der Waals surface area contributed by atoms with E-state index < -0.39 is 12.1 Å². The highest BCUT2D eigenvalue weighted by molar-refractivity contribution is 5.76. The van der Waals surface area contributed by atoms with Crippen molar-refractivity contribution < 1.29 is 24.5 Å². The Morgan fingerprint density at radius 2 is 0.691 bits per heavy atom. The Bertz CT molecular complexity index is 1060. The second-order valence-electron chi connectivity index (χ2n) is 21.0. The molecule has 0 aromatic heterocycles. The number of carbonyl (C=O) groups is 2. The van der Waals surface area contributed by atoms with E-state index in [0.717, 1.165) is 44.9 Å². The average Bonchev–Trinajstić information content (AvgIpc) is 3.34. The van der Waals surface area contributed by atoms with Crippen LogP contribution in [0.15, 0.2) is 24.3 Å². The molecule has 0 aliphatic heterocycles. The molecule has 0 rings (SSSR count). The third-order valence-electron chi connectivity index (χ3n) is 14.2. The molecule has 0 radical (unpaired) electrons. The Morgan fingerprint density at radius 3 is 1.04 bits per heavy atom. The van der Waals surface area contributed by atoms with Gasteiger partial charge in [-0.3, -0.25) is 9.59 Å². The number of rotatable bonds is 57. The third kappa shape index (κ3) is 53.7. The molecule has 0 spiro atoms. The fourth-order valence-corrected chi connectivity index (χ4v) is 9.51. The predicted molar refractivity (Wildman–Crippen MR) is 296 cm³/mol. The van der Waals surface area contributed by atoms with Gasteiger partial charge >= 0.3 is 5.97 Å². The number of nitrogens with one attached hydrogen (secondary N) is 1. The lowest BCUT2D eigenvalue weighted by atomic mass is 10.0. The molecule has 0 bridgehead atoms. The average molecular weight is 959 g/mol. The van der Waals surface area contributed by atoms with Crippen molar-refractivity contribution in [3.8, 4) is 0 Å². The third-order valence-corrected chi connectivity index (χ3v) is 14.2. The molecule has 0 heterocycles. The van der Waals surface area contributed by atoms with E-state index in [2.05, 4.69) is 43.5 Å². The van der Waals surface area contributed by atoms with E-state index in [0.29, 0.717) is 25.9 Å². The molecule has 0 aliphatic rings. The number of ether oxygens (including phenoxy) is 1. The molecule has 402 valence electrons. The fraction of sp³-hybridized carbons (Fsp3) is 0.903.